The topological polar surface area (TPSA) is 115 Å². The molecule has 0 aromatic carbocycles. The molecule has 0 spiro atoms. The lowest BCUT2D eigenvalue weighted by Gasteiger charge is -2.15. The van der Waals surface area contributed by atoms with Gasteiger partial charge >= 0.3 is 0 Å². The molecule has 1 amide bonds. The molecule has 2 aromatic heterocycles. The van der Waals surface area contributed by atoms with E-state index in [-0.39, 0.29) is 17.9 Å². The number of thiophene rings is 1. The van der Waals surface area contributed by atoms with Gasteiger partial charge in [0.05, 0.1) is 16.3 Å². The monoisotopic (exact) mass is 418 g/mol. The summed E-state index contributed by atoms with van der Waals surface area (Å²) < 4.78 is 23.2. The first-order valence-corrected chi connectivity index (χ1v) is 11.8. The molecule has 0 saturated heterocycles. The Labute approximate surface area is 167 Å². The van der Waals surface area contributed by atoms with Crippen LogP contribution in [0.5, 0.6) is 0 Å². The first kappa shape index (κ1) is 19.1. The number of carbonyl (C=O) groups is 1. The Balaban J connectivity index is 1.45. The van der Waals surface area contributed by atoms with Crippen LogP contribution in [0.1, 0.15) is 33.8 Å². The second-order valence-corrected chi connectivity index (χ2v) is 10.6. The average molecular weight is 419 g/mol. The standard InChI is InChI=1S/C19H22N4O3S2/c1-9-10(2)22-23-19-15(9)16(20)17(27-19)18(24)21-14-8-13(14)11-4-6-12(7-5-11)28(3,25)26/h4,6-7,11,13-14H,5,8,20H2,1-3H3,(H,21,24)/t11?,13-,14+/m0/s1. The number of nitrogens with zero attached hydrogens (tertiary/aromatic N) is 2. The molecule has 3 atom stereocenters. The molecule has 7 nitrogen and oxygen atoms in total. The zero-order valence-electron chi connectivity index (χ0n) is 15.9. The van der Waals surface area contributed by atoms with Gasteiger partial charge in [0.2, 0.25) is 0 Å². The van der Waals surface area contributed by atoms with Gasteiger partial charge in [-0.1, -0.05) is 12.2 Å². The Kier molecular flexibility index (Phi) is 4.54. The Hall–Kier alpha value is -2.26. The Morgan fingerprint density at radius 2 is 2.07 bits per heavy atom. The second kappa shape index (κ2) is 6.66. The summed E-state index contributed by atoms with van der Waals surface area (Å²) in [5.74, 6) is 0.375. The quantitative estimate of drug-likeness (QED) is 0.788. The summed E-state index contributed by atoms with van der Waals surface area (Å²) in [6.45, 7) is 3.80. The minimum atomic E-state index is -3.17. The maximum atomic E-state index is 12.8. The van der Waals surface area contributed by atoms with E-state index in [4.69, 9.17) is 5.73 Å². The maximum Gasteiger partial charge on any atom is 0.263 e. The Bertz CT molecular complexity index is 1150. The number of hydrogen-bond donors (Lipinski definition) is 2. The van der Waals surface area contributed by atoms with Crippen LogP contribution in [-0.2, 0) is 9.84 Å². The number of hydrogen-bond acceptors (Lipinski definition) is 7. The first-order chi connectivity index (χ1) is 13.2. The highest BCUT2D eigenvalue weighted by molar-refractivity contribution is 7.94. The minimum Gasteiger partial charge on any atom is -0.397 e. The molecule has 1 fully saturated rings. The number of allylic oxidation sites excluding steroid dienone is 3. The van der Waals surface area contributed by atoms with E-state index in [1.54, 1.807) is 12.2 Å². The SMILES string of the molecule is Cc1nnc2sc(C(=O)N[C@@H]3C[C@H]3C3C=CC(S(C)(=O)=O)=CC3)c(N)c2c1C. The summed E-state index contributed by atoms with van der Waals surface area (Å²) in [6.07, 6.45) is 8.16. The fraction of sp³-hybridized carbons (Fsp3) is 0.421. The molecule has 148 valence electrons. The average Bonchev–Trinajstić information content (AvgIpc) is 3.31. The van der Waals surface area contributed by atoms with Gasteiger partial charge in [0.1, 0.15) is 9.71 Å². The fourth-order valence-electron chi connectivity index (χ4n) is 3.71. The third-order valence-corrected chi connectivity index (χ3v) is 7.82. The van der Waals surface area contributed by atoms with Crippen LogP contribution in [0.15, 0.2) is 23.1 Å². The van der Waals surface area contributed by atoms with Crippen LogP contribution >= 0.6 is 11.3 Å². The largest absolute Gasteiger partial charge is 0.397 e. The lowest BCUT2D eigenvalue weighted by Crippen LogP contribution is -2.28. The molecular weight excluding hydrogens is 396 g/mol. The lowest BCUT2D eigenvalue weighted by atomic mass is 9.95. The molecule has 1 unspecified atom stereocenters. The molecule has 28 heavy (non-hydrogen) atoms. The molecule has 2 aliphatic carbocycles. The molecule has 0 radical (unpaired) electrons. The predicted octanol–water partition coefficient (Wildman–Crippen LogP) is 2.51. The number of nitrogen functional groups attached to an aromatic ring is 1. The highest BCUT2D eigenvalue weighted by Crippen LogP contribution is 2.43. The predicted molar refractivity (Wildman–Crippen MR) is 111 cm³/mol. The van der Waals surface area contributed by atoms with E-state index in [1.807, 2.05) is 19.9 Å². The van der Waals surface area contributed by atoms with Crippen molar-refractivity contribution in [2.24, 2.45) is 11.8 Å². The van der Waals surface area contributed by atoms with Gasteiger partial charge in [0, 0.05) is 17.7 Å². The van der Waals surface area contributed by atoms with Crippen molar-refractivity contribution in [2.45, 2.75) is 32.7 Å². The van der Waals surface area contributed by atoms with Crippen LogP contribution in [0.2, 0.25) is 0 Å². The van der Waals surface area contributed by atoms with Crippen LogP contribution in [0, 0.1) is 25.7 Å². The smallest absolute Gasteiger partial charge is 0.263 e. The van der Waals surface area contributed by atoms with Crippen molar-refractivity contribution in [3.8, 4) is 0 Å². The number of sulfone groups is 1. The second-order valence-electron chi connectivity index (χ2n) is 7.55. The van der Waals surface area contributed by atoms with Crippen molar-refractivity contribution >= 4 is 43.0 Å². The third kappa shape index (κ3) is 3.33. The summed E-state index contributed by atoms with van der Waals surface area (Å²) >= 11 is 1.26. The minimum absolute atomic E-state index is 0.0777. The van der Waals surface area contributed by atoms with E-state index in [1.165, 1.54) is 17.6 Å². The van der Waals surface area contributed by atoms with Crippen molar-refractivity contribution in [1.29, 1.82) is 0 Å². The molecule has 0 aliphatic heterocycles. The summed E-state index contributed by atoms with van der Waals surface area (Å²) in [5, 5.41) is 12.1. The maximum absolute atomic E-state index is 12.8. The summed E-state index contributed by atoms with van der Waals surface area (Å²) in [7, 11) is -3.17. The van der Waals surface area contributed by atoms with Crippen molar-refractivity contribution in [1.82, 2.24) is 15.5 Å². The molecule has 9 heteroatoms. The van der Waals surface area contributed by atoms with Gasteiger partial charge in [-0.15, -0.1) is 16.4 Å². The van der Waals surface area contributed by atoms with Crippen molar-refractivity contribution < 1.29 is 13.2 Å². The highest BCUT2D eigenvalue weighted by atomic mass is 32.2. The Morgan fingerprint density at radius 1 is 1.32 bits per heavy atom. The molecule has 4 rings (SSSR count). The highest BCUT2D eigenvalue weighted by Gasteiger charge is 2.43. The van der Waals surface area contributed by atoms with E-state index in [0.717, 1.165) is 23.1 Å². The van der Waals surface area contributed by atoms with Crippen molar-refractivity contribution in [2.75, 3.05) is 12.0 Å². The van der Waals surface area contributed by atoms with Gasteiger partial charge in [0.15, 0.2) is 9.84 Å². The van der Waals surface area contributed by atoms with Crippen LogP contribution in [0.3, 0.4) is 0 Å². The summed E-state index contributed by atoms with van der Waals surface area (Å²) in [5.41, 5.74) is 8.46. The van der Waals surface area contributed by atoms with E-state index in [0.29, 0.717) is 32.6 Å². The zero-order valence-corrected chi connectivity index (χ0v) is 17.5. The van der Waals surface area contributed by atoms with Gasteiger partial charge in [0.25, 0.3) is 5.91 Å². The van der Waals surface area contributed by atoms with Gasteiger partial charge in [-0.3, -0.25) is 4.79 Å². The Morgan fingerprint density at radius 3 is 2.71 bits per heavy atom. The van der Waals surface area contributed by atoms with Gasteiger partial charge in [-0.25, -0.2) is 8.42 Å². The number of nitrogens with two attached hydrogens (primary N) is 1. The molecule has 1 saturated carbocycles. The van der Waals surface area contributed by atoms with E-state index >= 15 is 0 Å². The van der Waals surface area contributed by atoms with E-state index in [9.17, 15) is 13.2 Å². The van der Waals surface area contributed by atoms with Gasteiger partial charge in [-0.05, 0) is 50.2 Å². The number of anilines is 1. The van der Waals surface area contributed by atoms with Crippen molar-refractivity contribution in [3.63, 3.8) is 0 Å². The van der Waals surface area contributed by atoms with Crippen LogP contribution in [0.4, 0.5) is 5.69 Å². The number of rotatable bonds is 4. The van der Waals surface area contributed by atoms with Gasteiger partial charge < -0.3 is 11.1 Å². The molecule has 0 bridgehead atoms. The molecule has 3 N–H and O–H groups in total. The molecule has 2 aliphatic rings. The number of aromatic nitrogens is 2. The number of carbonyl (C=O) groups excluding carboxylic acids is 1. The zero-order chi connectivity index (χ0) is 20.2. The third-order valence-electron chi connectivity index (χ3n) is 5.57. The fourth-order valence-corrected chi connectivity index (χ4v) is 5.44. The van der Waals surface area contributed by atoms with Gasteiger partial charge in [-0.2, -0.15) is 5.10 Å². The molecule has 2 aromatic rings. The summed E-state index contributed by atoms with van der Waals surface area (Å²) in [6, 6.07) is 0.0777. The van der Waals surface area contributed by atoms with E-state index < -0.39 is 9.84 Å². The number of aryl methyl sites for hydroxylation is 2. The summed E-state index contributed by atoms with van der Waals surface area (Å²) in [4.78, 5) is 14.3. The van der Waals surface area contributed by atoms with E-state index in [2.05, 4.69) is 15.5 Å². The number of fused-ring (bicyclic) bond motifs is 1. The normalized spacial score (nSPS) is 24.2. The van der Waals surface area contributed by atoms with Crippen molar-refractivity contribution in [3.05, 3.63) is 39.3 Å². The first-order valence-electron chi connectivity index (χ1n) is 9.08. The molecular formula is C19H22N4O3S2. The lowest BCUT2D eigenvalue weighted by molar-refractivity contribution is 0.0953. The molecule has 2 heterocycles. The van der Waals surface area contributed by atoms with Crippen LogP contribution < -0.4 is 11.1 Å². The number of nitrogens with one attached hydrogen (secondary N) is 1. The number of amides is 1. The van der Waals surface area contributed by atoms with Crippen LogP contribution in [-0.4, -0.2) is 36.8 Å². The van der Waals surface area contributed by atoms with Crippen LogP contribution in [0.25, 0.3) is 10.2 Å².